The number of carbonyl (C=O) groups is 1. The molecule has 0 unspecified atom stereocenters. The highest BCUT2D eigenvalue weighted by atomic mass is 16.5. The van der Waals surface area contributed by atoms with Crippen LogP contribution in [-0.4, -0.2) is 49.1 Å². The lowest BCUT2D eigenvalue weighted by Crippen LogP contribution is -2.25. The van der Waals surface area contributed by atoms with Crippen molar-refractivity contribution in [2.45, 2.75) is 27.2 Å². The fourth-order valence-electron chi connectivity index (χ4n) is 2.04. The molecule has 1 rings (SSSR count). The summed E-state index contributed by atoms with van der Waals surface area (Å²) >= 11 is 0. The zero-order chi connectivity index (χ0) is 15.0. The zero-order valence-electron chi connectivity index (χ0n) is 12.9. The first kappa shape index (κ1) is 16.4. The van der Waals surface area contributed by atoms with Crippen molar-refractivity contribution in [1.82, 2.24) is 9.88 Å². The summed E-state index contributed by atoms with van der Waals surface area (Å²) in [7, 11) is 1.38. The Kier molecular flexibility index (Phi) is 7.01. The van der Waals surface area contributed by atoms with Gasteiger partial charge in [0.15, 0.2) is 0 Å². The van der Waals surface area contributed by atoms with E-state index in [4.69, 9.17) is 4.74 Å². The number of aromatic nitrogens is 1. The van der Waals surface area contributed by atoms with Gasteiger partial charge in [0.2, 0.25) is 0 Å². The maximum absolute atomic E-state index is 11.5. The van der Waals surface area contributed by atoms with Crippen LogP contribution in [0.4, 0.5) is 5.82 Å². The molecular formula is C15H25N3O2. The van der Waals surface area contributed by atoms with Gasteiger partial charge in [-0.3, -0.25) is 0 Å². The highest BCUT2D eigenvalue weighted by Gasteiger charge is 2.10. The number of ether oxygens (including phenoxy) is 1. The fraction of sp³-hybridized carbons (Fsp3) is 0.600. The Bertz CT molecular complexity index is 431. The number of esters is 1. The number of aryl methyl sites for hydroxylation is 1. The third-order valence-corrected chi connectivity index (χ3v) is 3.34. The summed E-state index contributed by atoms with van der Waals surface area (Å²) in [6.07, 6.45) is 1.07. The van der Waals surface area contributed by atoms with Crippen molar-refractivity contribution in [3.63, 3.8) is 0 Å². The van der Waals surface area contributed by atoms with E-state index in [-0.39, 0.29) is 5.97 Å². The van der Waals surface area contributed by atoms with Crippen LogP contribution in [0.15, 0.2) is 12.1 Å². The van der Waals surface area contributed by atoms with E-state index in [9.17, 15) is 4.79 Å². The molecule has 5 heteroatoms. The molecule has 0 saturated heterocycles. The monoisotopic (exact) mass is 279 g/mol. The topological polar surface area (TPSA) is 54.5 Å². The number of anilines is 1. The van der Waals surface area contributed by atoms with Gasteiger partial charge >= 0.3 is 5.97 Å². The van der Waals surface area contributed by atoms with Crippen molar-refractivity contribution < 1.29 is 9.53 Å². The molecule has 0 saturated carbocycles. The Hall–Kier alpha value is -1.62. The Morgan fingerprint density at radius 1 is 1.35 bits per heavy atom. The van der Waals surface area contributed by atoms with Crippen LogP contribution in [0.5, 0.6) is 0 Å². The summed E-state index contributed by atoms with van der Waals surface area (Å²) in [5, 5.41) is 3.28. The van der Waals surface area contributed by atoms with E-state index in [1.807, 2.05) is 13.0 Å². The van der Waals surface area contributed by atoms with E-state index in [0.29, 0.717) is 11.3 Å². The SMILES string of the molecule is CCN(CC)CCCNc1ccc(C(=O)OC)c(C)n1. The summed E-state index contributed by atoms with van der Waals surface area (Å²) in [6, 6.07) is 3.57. The first-order valence-corrected chi connectivity index (χ1v) is 7.14. The predicted molar refractivity (Wildman–Crippen MR) is 81.2 cm³/mol. The largest absolute Gasteiger partial charge is 0.465 e. The van der Waals surface area contributed by atoms with Crippen LogP contribution in [0, 0.1) is 6.92 Å². The smallest absolute Gasteiger partial charge is 0.339 e. The second-order valence-electron chi connectivity index (χ2n) is 4.63. The maximum atomic E-state index is 11.5. The molecule has 1 N–H and O–H groups in total. The quantitative estimate of drug-likeness (QED) is 0.584. The molecule has 0 fully saturated rings. The van der Waals surface area contributed by atoms with Gasteiger partial charge in [-0.1, -0.05) is 13.8 Å². The first-order chi connectivity index (χ1) is 9.62. The van der Waals surface area contributed by atoms with E-state index in [1.165, 1.54) is 7.11 Å². The number of methoxy groups -OCH3 is 1. The first-order valence-electron chi connectivity index (χ1n) is 7.14. The van der Waals surface area contributed by atoms with Gasteiger partial charge in [0.1, 0.15) is 5.82 Å². The normalized spacial score (nSPS) is 10.7. The Balaban J connectivity index is 2.45. The number of hydrogen-bond donors (Lipinski definition) is 1. The van der Waals surface area contributed by atoms with Crippen molar-refractivity contribution in [1.29, 1.82) is 0 Å². The van der Waals surface area contributed by atoms with Crippen molar-refractivity contribution >= 4 is 11.8 Å². The van der Waals surface area contributed by atoms with E-state index in [0.717, 1.165) is 38.4 Å². The van der Waals surface area contributed by atoms with Crippen LogP contribution in [0.1, 0.15) is 36.3 Å². The Morgan fingerprint density at radius 2 is 2.05 bits per heavy atom. The highest BCUT2D eigenvalue weighted by molar-refractivity contribution is 5.90. The van der Waals surface area contributed by atoms with Crippen LogP contribution in [0.25, 0.3) is 0 Å². The number of hydrogen-bond acceptors (Lipinski definition) is 5. The molecule has 1 aromatic rings. The average Bonchev–Trinajstić information content (AvgIpc) is 2.47. The molecule has 1 heterocycles. The summed E-state index contributed by atoms with van der Waals surface area (Å²) in [6.45, 7) is 10.3. The molecule has 0 aliphatic rings. The molecule has 0 aliphatic carbocycles. The molecule has 0 radical (unpaired) electrons. The Morgan fingerprint density at radius 3 is 2.60 bits per heavy atom. The van der Waals surface area contributed by atoms with Crippen molar-refractivity contribution in [2.24, 2.45) is 0 Å². The number of pyridine rings is 1. The molecule has 0 bridgehead atoms. The molecule has 0 spiro atoms. The summed E-state index contributed by atoms with van der Waals surface area (Å²) < 4.78 is 4.70. The summed E-state index contributed by atoms with van der Waals surface area (Å²) in [5.74, 6) is 0.456. The van der Waals surface area contributed by atoms with Gasteiger partial charge < -0.3 is 15.0 Å². The third kappa shape index (κ3) is 4.81. The number of rotatable bonds is 8. The Labute approximate surface area is 121 Å². The number of nitrogens with zero attached hydrogens (tertiary/aromatic N) is 2. The second kappa shape index (κ2) is 8.53. The van der Waals surface area contributed by atoms with Crippen LogP contribution < -0.4 is 5.32 Å². The molecule has 20 heavy (non-hydrogen) atoms. The molecule has 0 atom stereocenters. The minimum absolute atomic E-state index is 0.344. The molecule has 1 aromatic heterocycles. The van der Waals surface area contributed by atoms with Crippen LogP contribution in [0.3, 0.4) is 0 Å². The van der Waals surface area contributed by atoms with Crippen molar-refractivity contribution in [2.75, 3.05) is 38.6 Å². The molecule has 112 valence electrons. The van der Waals surface area contributed by atoms with E-state index in [2.05, 4.69) is 29.0 Å². The minimum Gasteiger partial charge on any atom is -0.465 e. The van der Waals surface area contributed by atoms with Gasteiger partial charge in [-0.2, -0.15) is 0 Å². The van der Waals surface area contributed by atoms with E-state index >= 15 is 0 Å². The molecule has 0 amide bonds. The van der Waals surface area contributed by atoms with Gasteiger partial charge in [-0.05, 0) is 45.1 Å². The fourth-order valence-corrected chi connectivity index (χ4v) is 2.04. The van der Waals surface area contributed by atoms with Crippen molar-refractivity contribution in [3.05, 3.63) is 23.4 Å². The summed E-state index contributed by atoms with van der Waals surface area (Å²) in [4.78, 5) is 18.2. The number of carbonyl (C=O) groups excluding carboxylic acids is 1. The number of nitrogens with one attached hydrogen (secondary N) is 1. The maximum Gasteiger partial charge on any atom is 0.339 e. The molecule has 0 aromatic carbocycles. The van der Waals surface area contributed by atoms with Gasteiger partial charge in [-0.15, -0.1) is 0 Å². The minimum atomic E-state index is -0.344. The van der Waals surface area contributed by atoms with Gasteiger partial charge in [0.05, 0.1) is 18.4 Å². The molecular weight excluding hydrogens is 254 g/mol. The molecule has 5 nitrogen and oxygen atoms in total. The van der Waals surface area contributed by atoms with Crippen LogP contribution in [-0.2, 0) is 4.74 Å². The third-order valence-electron chi connectivity index (χ3n) is 3.34. The van der Waals surface area contributed by atoms with Gasteiger partial charge in [0, 0.05) is 6.54 Å². The van der Waals surface area contributed by atoms with Crippen LogP contribution in [0.2, 0.25) is 0 Å². The highest BCUT2D eigenvalue weighted by Crippen LogP contribution is 2.11. The van der Waals surface area contributed by atoms with Gasteiger partial charge in [0.25, 0.3) is 0 Å². The van der Waals surface area contributed by atoms with E-state index < -0.39 is 0 Å². The zero-order valence-corrected chi connectivity index (χ0v) is 12.9. The molecule has 0 aliphatic heterocycles. The second-order valence-corrected chi connectivity index (χ2v) is 4.63. The lowest BCUT2D eigenvalue weighted by Gasteiger charge is -2.17. The lowest BCUT2D eigenvalue weighted by molar-refractivity contribution is 0.0599. The van der Waals surface area contributed by atoms with Crippen LogP contribution >= 0.6 is 0 Å². The van der Waals surface area contributed by atoms with Crippen molar-refractivity contribution in [3.8, 4) is 0 Å². The van der Waals surface area contributed by atoms with Gasteiger partial charge in [-0.25, -0.2) is 9.78 Å². The standard InChI is InChI=1S/C15H25N3O2/c1-5-18(6-2)11-7-10-16-14-9-8-13(12(3)17-14)15(19)20-4/h8-9H,5-7,10-11H2,1-4H3,(H,16,17). The summed E-state index contributed by atoms with van der Waals surface area (Å²) in [5.41, 5.74) is 1.20. The van der Waals surface area contributed by atoms with E-state index in [1.54, 1.807) is 6.07 Å². The lowest BCUT2D eigenvalue weighted by atomic mass is 10.2. The average molecular weight is 279 g/mol. The predicted octanol–water partition coefficient (Wildman–Crippen LogP) is 2.32.